The number of esters is 1. The maximum absolute atomic E-state index is 11.9. The maximum atomic E-state index is 11.9. The molecular weight excluding hydrogens is 364 g/mol. The van der Waals surface area contributed by atoms with E-state index in [4.69, 9.17) is 4.74 Å². The number of nitro groups is 1. The molecule has 6 nitrogen and oxygen atoms in total. The third kappa shape index (κ3) is 3.35. The van der Waals surface area contributed by atoms with Crippen LogP contribution in [0.3, 0.4) is 0 Å². The third-order valence-electron chi connectivity index (χ3n) is 3.10. The molecule has 0 atom stereocenters. The summed E-state index contributed by atoms with van der Waals surface area (Å²) >= 11 is 3.36. The SMILES string of the molecule is O=C1OC(c2ccc([N+](=O)[O-])cc2)=N/C1=C/c1cccc(Br)c1. The molecule has 0 saturated heterocycles. The molecule has 0 fully saturated rings. The van der Waals surface area contributed by atoms with Gasteiger partial charge in [-0.1, -0.05) is 28.1 Å². The highest BCUT2D eigenvalue weighted by molar-refractivity contribution is 9.10. The van der Waals surface area contributed by atoms with E-state index in [1.165, 1.54) is 24.3 Å². The molecule has 114 valence electrons. The minimum atomic E-state index is -0.557. The summed E-state index contributed by atoms with van der Waals surface area (Å²) in [6.07, 6.45) is 1.62. The number of non-ortho nitro benzene ring substituents is 1. The van der Waals surface area contributed by atoms with Gasteiger partial charge in [-0.25, -0.2) is 9.79 Å². The second kappa shape index (κ2) is 6.13. The lowest BCUT2D eigenvalue weighted by molar-refractivity contribution is -0.384. The minimum Gasteiger partial charge on any atom is -0.402 e. The van der Waals surface area contributed by atoms with Gasteiger partial charge in [-0.3, -0.25) is 10.1 Å². The Morgan fingerprint density at radius 3 is 2.57 bits per heavy atom. The Bertz CT molecular complexity index is 857. The summed E-state index contributed by atoms with van der Waals surface area (Å²) in [6.45, 7) is 0. The lowest BCUT2D eigenvalue weighted by Gasteiger charge is -1.98. The molecule has 0 aliphatic carbocycles. The minimum absolute atomic E-state index is 0.0384. The van der Waals surface area contributed by atoms with Crippen LogP contribution in [0.5, 0.6) is 0 Å². The topological polar surface area (TPSA) is 81.8 Å². The number of hydrogen-bond acceptors (Lipinski definition) is 5. The molecule has 3 rings (SSSR count). The van der Waals surface area contributed by atoms with E-state index < -0.39 is 10.9 Å². The van der Waals surface area contributed by atoms with Gasteiger partial charge in [0, 0.05) is 22.2 Å². The van der Waals surface area contributed by atoms with Crippen LogP contribution in [0.25, 0.3) is 6.08 Å². The number of hydrogen-bond donors (Lipinski definition) is 0. The number of aliphatic imine (C=N–C) groups is 1. The largest absolute Gasteiger partial charge is 0.402 e. The van der Waals surface area contributed by atoms with Crippen LogP contribution in [0.4, 0.5) is 5.69 Å². The lowest BCUT2D eigenvalue weighted by atomic mass is 10.2. The second-order valence-electron chi connectivity index (χ2n) is 4.70. The molecule has 2 aromatic rings. The van der Waals surface area contributed by atoms with E-state index in [1.54, 1.807) is 6.08 Å². The molecule has 0 amide bonds. The standard InChI is InChI=1S/C16H9BrN2O4/c17-12-3-1-2-10(8-12)9-14-16(20)23-15(18-14)11-4-6-13(7-5-11)19(21)22/h1-9H/b14-9+. The Kier molecular flexibility index (Phi) is 4.03. The molecule has 0 N–H and O–H groups in total. The number of benzene rings is 2. The molecule has 0 aromatic heterocycles. The summed E-state index contributed by atoms with van der Waals surface area (Å²) in [5.41, 5.74) is 1.45. The van der Waals surface area contributed by atoms with E-state index in [2.05, 4.69) is 20.9 Å². The monoisotopic (exact) mass is 372 g/mol. The summed E-state index contributed by atoms with van der Waals surface area (Å²) < 4.78 is 6.01. The van der Waals surface area contributed by atoms with E-state index >= 15 is 0 Å². The first-order valence-corrected chi connectivity index (χ1v) is 7.35. The van der Waals surface area contributed by atoms with E-state index in [0.717, 1.165) is 10.0 Å². The van der Waals surface area contributed by atoms with Crippen molar-refractivity contribution in [3.8, 4) is 0 Å². The average molecular weight is 373 g/mol. The Balaban J connectivity index is 1.90. The van der Waals surface area contributed by atoms with Gasteiger partial charge >= 0.3 is 5.97 Å². The predicted molar refractivity (Wildman–Crippen MR) is 87.8 cm³/mol. The van der Waals surface area contributed by atoms with Crippen molar-refractivity contribution in [3.63, 3.8) is 0 Å². The van der Waals surface area contributed by atoms with Crippen LogP contribution in [0, 0.1) is 10.1 Å². The van der Waals surface area contributed by atoms with Gasteiger partial charge < -0.3 is 4.74 Å². The fourth-order valence-corrected chi connectivity index (χ4v) is 2.43. The fraction of sp³-hybridized carbons (Fsp3) is 0. The summed E-state index contributed by atoms with van der Waals surface area (Å²) in [6, 6.07) is 13.1. The van der Waals surface area contributed by atoms with E-state index in [0.29, 0.717) is 5.56 Å². The van der Waals surface area contributed by atoms with E-state index in [1.807, 2.05) is 24.3 Å². The maximum Gasteiger partial charge on any atom is 0.363 e. The number of carbonyl (C=O) groups is 1. The van der Waals surface area contributed by atoms with Crippen LogP contribution in [-0.4, -0.2) is 16.8 Å². The van der Waals surface area contributed by atoms with Crippen LogP contribution < -0.4 is 0 Å². The van der Waals surface area contributed by atoms with Crippen molar-refractivity contribution >= 4 is 39.6 Å². The highest BCUT2D eigenvalue weighted by Crippen LogP contribution is 2.22. The van der Waals surface area contributed by atoms with Gasteiger partial charge in [0.15, 0.2) is 5.70 Å². The molecule has 1 aliphatic heterocycles. The Hall–Kier alpha value is -2.80. The second-order valence-corrected chi connectivity index (χ2v) is 5.61. The van der Waals surface area contributed by atoms with Crippen LogP contribution >= 0.6 is 15.9 Å². The van der Waals surface area contributed by atoms with Crippen molar-refractivity contribution < 1.29 is 14.5 Å². The molecular formula is C16H9BrN2O4. The molecule has 0 saturated carbocycles. The molecule has 0 spiro atoms. The fourth-order valence-electron chi connectivity index (χ4n) is 2.01. The highest BCUT2D eigenvalue weighted by atomic mass is 79.9. The Morgan fingerprint density at radius 2 is 1.91 bits per heavy atom. The summed E-state index contributed by atoms with van der Waals surface area (Å²) in [7, 11) is 0. The molecule has 1 heterocycles. The van der Waals surface area contributed by atoms with Gasteiger partial charge in [0.2, 0.25) is 5.90 Å². The first-order valence-electron chi connectivity index (χ1n) is 6.56. The van der Waals surface area contributed by atoms with Gasteiger partial charge in [0.05, 0.1) is 4.92 Å². The molecule has 0 unspecified atom stereocenters. The molecule has 0 radical (unpaired) electrons. The third-order valence-corrected chi connectivity index (χ3v) is 3.59. The lowest BCUT2D eigenvalue weighted by Crippen LogP contribution is -2.05. The van der Waals surface area contributed by atoms with Crippen LogP contribution in [0.1, 0.15) is 11.1 Å². The van der Waals surface area contributed by atoms with Crippen molar-refractivity contribution in [2.45, 2.75) is 0 Å². The molecule has 7 heteroatoms. The summed E-state index contributed by atoms with van der Waals surface area (Å²) in [4.78, 5) is 26.2. The number of nitro benzene ring substituents is 1. The first-order chi connectivity index (χ1) is 11.0. The highest BCUT2D eigenvalue weighted by Gasteiger charge is 2.24. The van der Waals surface area contributed by atoms with Crippen molar-refractivity contribution in [1.82, 2.24) is 0 Å². The van der Waals surface area contributed by atoms with Crippen molar-refractivity contribution in [3.05, 3.63) is 79.9 Å². The van der Waals surface area contributed by atoms with Crippen molar-refractivity contribution in [1.29, 1.82) is 0 Å². The van der Waals surface area contributed by atoms with E-state index in [9.17, 15) is 14.9 Å². The molecule has 2 aromatic carbocycles. The Labute approximate surface area is 139 Å². The van der Waals surface area contributed by atoms with Crippen LogP contribution in [0.15, 0.2) is 63.7 Å². The number of carbonyl (C=O) groups excluding carboxylic acids is 1. The van der Waals surface area contributed by atoms with Crippen molar-refractivity contribution in [2.75, 3.05) is 0 Å². The van der Waals surface area contributed by atoms with Crippen LogP contribution in [-0.2, 0) is 9.53 Å². The first kappa shape index (κ1) is 15.1. The smallest absolute Gasteiger partial charge is 0.363 e. The number of rotatable bonds is 3. The number of ether oxygens (including phenoxy) is 1. The summed E-state index contributed by atoms with van der Waals surface area (Å²) in [5, 5.41) is 10.6. The number of nitrogens with zero attached hydrogens (tertiary/aromatic N) is 2. The Morgan fingerprint density at radius 1 is 1.17 bits per heavy atom. The molecule has 23 heavy (non-hydrogen) atoms. The zero-order chi connectivity index (χ0) is 16.4. The number of cyclic esters (lactones) is 1. The van der Waals surface area contributed by atoms with Crippen LogP contribution in [0.2, 0.25) is 0 Å². The zero-order valence-electron chi connectivity index (χ0n) is 11.6. The number of halogens is 1. The zero-order valence-corrected chi connectivity index (χ0v) is 13.2. The summed E-state index contributed by atoms with van der Waals surface area (Å²) in [5.74, 6) is -0.426. The van der Waals surface area contributed by atoms with Gasteiger partial charge in [-0.15, -0.1) is 0 Å². The quantitative estimate of drug-likeness (QED) is 0.356. The van der Waals surface area contributed by atoms with Gasteiger partial charge in [-0.05, 0) is 35.9 Å². The van der Waals surface area contributed by atoms with E-state index in [-0.39, 0.29) is 17.3 Å². The average Bonchev–Trinajstić information content (AvgIpc) is 2.88. The van der Waals surface area contributed by atoms with Gasteiger partial charge in [-0.2, -0.15) is 0 Å². The van der Waals surface area contributed by atoms with Crippen molar-refractivity contribution in [2.24, 2.45) is 4.99 Å². The van der Waals surface area contributed by atoms with Gasteiger partial charge in [0.25, 0.3) is 5.69 Å². The predicted octanol–water partition coefficient (Wildman–Crippen LogP) is 3.70. The van der Waals surface area contributed by atoms with Gasteiger partial charge in [0.1, 0.15) is 0 Å². The normalized spacial score (nSPS) is 15.4. The molecule has 0 bridgehead atoms. The molecule has 1 aliphatic rings.